The van der Waals surface area contributed by atoms with Crippen LogP contribution in [0.3, 0.4) is 0 Å². The van der Waals surface area contributed by atoms with E-state index in [9.17, 15) is 9.90 Å². The fourth-order valence-electron chi connectivity index (χ4n) is 3.27. The summed E-state index contributed by atoms with van der Waals surface area (Å²) in [6.45, 7) is 0. The average Bonchev–Trinajstić information content (AvgIpc) is 3.05. The van der Waals surface area contributed by atoms with Gasteiger partial charge < -0.3 is 15.4 Å². The summed E-state index contributed by atoms with van der Waals surface area (Å²) < 4.78 is 0. The van der Waals surface area contributed by atoms with Gasteiger partial charge in [-0.2, -0.15) is 0 Å². The van der Waals surface area contributed by atoms with Gasteiger partial charge in [0, 0.05) is 34.8 Å². The second-order valence-corrected chi connectivity index (χ2v) is 6.37. The van der Waals surface area contributed by atoms with Gasteiger partial charge in [0.05, 0.1) is 11.3 Å². The van der Waals surface area contributed by atoms with Crippen LogP contribution >= 0.6 is 0 Å². The van der Waals surface area contributed by atoms with Crippen molar-refractivity contribution in [1.82, 2.24) is 4.98 Å². The number of amides is 1. The molecular formula is C23H19N3O2. The van der Waals surface area contributed by atoms with Crippen LogP contribution in [0.15, 0.2) is 83.9 Å². The maximum atomic E-state index is 12.5. The number of fused-ring (bicyclic) bond motifs is 1. The fourth-order valence-corrected chi connectivity index (χ4v) is 3.27. The molecule has 0 unspecified atom stereocenters. The van der Waals surface area contributed by atoms with Gasteiger partial charge in [0.25, 0.3) is 5.91 Å². The molecule has 0 fully saturated rings. The Morgan fingerprint density at radius 2 is 1.57 bits per heavy atom. The van der Waals surface area contributed by atoms with Crippen LogP contribution in [0.25, 0.3) is 10.9 Å². The predicted molar refractivity (Wildman–Crippen MR) is 112 cm³/mol. The molecule has 3 N–H and O–H groups in total. The lowest BCUT2D eigenvalue weighted by atomic mass is 10.0. The highest BCUT2D eigenvalue weighted by Gasteiger charge is 2.18. The predicted octanol–water partition coefficient (Wildman–Crippen LogP) is 4.59. The van der Waals surface area contributed by atoms with E-state index in [1.807, 2.05) is 60.7 Å². The molecule has 1 aromatic heterocycles. The maximum absolute atomic E-state index is 12.5. The molecular weight excluding hydrogens is 350 g/mol. The Morgan fingerprint density at radius 1 is 0.929 bits per heavy atom. The molecule has 0 saturated carbocycles. The average molecular weight is 369 g/mol. The van der Waals surface area contributed by atoms with E-state index in [1.54, 1.807) is 25.2 Å². The molecule has 0 aliphatic heterocycles. The second-order valence-electron chi connectivity index (χ2n) is 6.37. The molecule has 0 saturated heterocycles. The van der Waals surface area contributed by atoms with E-state index in [2.05, 4.69) is 15.3 Å². The molecule has 0 bridgehead atoms. The smallest absolute Gasteiger partial charge is 0.255 e. The number of nitrogens with one attached hydrogen (secondary N) is 2. The summed E-state index contributed by atoms with van der Waals surface area (Å²) in [5, 5.41) is 14.2. The lowest BCUT2D eigenvalue weighted by Gasteiger charge is -2.08. The molecule has 0 atom stereocenters. The Hall–Kier alpha value is -3.86. The van der Waals surface area contributed by atoms with Gasteiger partial charge in [0.1, 0.15) is 0 Å². The van der Waals surface area contributed by atoms with Crippen LogP contribution in [0.2, 0.25) is 0 Å². The topological polar surface area (TPSA) is 77.5 Å². The number of carbonyl (C=O) groups is 1. The van der Waals surface area contributed by atoms with E-state index in [4.69, 9.17) is 0 Å². The van der Waals surface area contributed by atoms with Crippen molar-refractivity contribution >= 4 is 28.2 Å². The lowest BCUT2D eigenvalue weighted by molar-refractivity contribution is 0.102. The Kier molecular flexibility index (Phi) is 4.64. The molecule has 5 heteroatoms. The van der Waals surface area contributed by atoms with Gasteiger partial charge in [-0.15, -0.1) is 0 Å². The molecule has 3 aromatic carbocycles. The molecule has 0 radical (unpaired) electrons. The number of aliphatic imine (C=N–C) groups is 1. The van der Waals surface area contributed by atoms with E-state index < -0.39 is 0 Å². The zero-order chi connectivity index (χ0) is 19.5. The highest BCUT2D eigenvalue weighted by molar-refractivity contribution is 6.21. The summed E-state index contributed by atoms with van der Waals surface area (Å²) in [4.78, 5) is 19.8. The number of hydrogen-bond acceptors (Lipinski definition) is 3. The lowest BCUT2D eigenvalue weighted by Crippen LogP contribution is -2.11. The van der Waals surface area contributed by atoms with Gasteiger partial charge in [-0.1, -0.05) is 48.5 Å². The van der Waals surface area contributed by atoms with Crippen LogP contribution < -0.4 is 5.32 Å². The Bertz CT molecular complexity index is 1160. The third-order valence-corrected chi connectivity index (χ3v) is 4.58. The van der Waals surface area contributed by atoms with Crippen LogP contribution in [0, 0.1) is 0 Å². The Labute approximate surface area is 162 Å². The number of anilines is 1. The van der Waals surface area contributed by atoms with Crippen LogP contribution in [-0.4, -0.2) is 28.8 Å². The van der Waals surface area contributed by atoms with Gasteiger partial charge in [0.15, 0.2) is 5.88 Å². The number of aromatic hydroxyl groups is 1. The molecule has 138 valence electrons. The van der Waals surface area contributed by atoms with Crippen molar-refractivity contribution in [3.05, 3.63) is 95.6 Å². The van der Waals surface area contributed by atoms with Gasteiger partial charge in [-0.25, -0.2) is 0 Å². The van der Waals surface area contributed by atoms with E-state index in [1.165, 1.54) is 0 Å². The monoisotopic (exact) mass is 369 g/mol. The molecule has 0 aliphatic rings. The standard InChI is InChI=1S/C23H19N3O2/c1-24-21(15-8-4-2-5-9-15)20-18-14-17(12-13-19(18)26-23(20)28)25-22(27)16-10-6-3-7-11-16/h2-14,26,28H,1H3,(H,25,27). The van der Waals surface area contributed by atoms with Crippen molar-refractivity contribution in [2.45, 2.75) is 0 Å². The Balaban J connectivity index is 1.75. The number of carbonyl (C=O) groups excluding carboxylic acids is 1. The van der Waals surface area contributed by atoms with Crippen molar-refractivity contribution in [2.75, 3.05) is 12.4 Å². The summed E-state index contributed by atoms with van der Waals surface area (Å²) in [5.41, 5.74) is 4.18. The van der Waals surface area contributed by atoms with E-state index >= 15 is 0 Å². The third-order valence-electron chi connectivity index (χ3n) is 4.58. The molecule has 0 spiro atoms. The minimum atomic E-state index is -0.186. The van der Waals surface area contributed by atoms with Crippen molar-refractivity contribution < 1.29 is 9.90 Å². The highest BCUT2D eigenvalue weighted by atomic mass is 16.3. The molecule has 4 rings (SSSR count). The largest absolute Gasteiger partial charge is 0.494 e. The first-order valence-corrected chi connectivity index (χ1v) is 8.91. The second kappa shape index (κ2) is 7.40. The minimum absolute atomic E-state index is 0.0472. The van der Waals surface area contributed by atoms with Gasteiger partial charge >= 0.3 is 0 Å². The Morgan fingerprint density at radius 3 is 2.21 bits per heavy atom. The first-order valence-electron chi connectivity index (χ1n) is 8.91. The van der Waals surface area contributed by atoms with E-state index in [-0.39, 0.29) is 11.8 Å². The van der Waals surface area contributed by atoms with Crippen LogP contribution in [0.1, 0.15) is 21.5 Å². The van der Waals surface area contributed by atoms with E-state index in [0.29, 0.717) is 22.5 Å². The molecule has 5 nitrogen and oxygen atoms in total. The summed E-state index contributed by atoms with van der Waals surface area (Å²) in [6, 6.07) is 24.2. The number of rotatable bonds is 4. The van der Waals surface area contributed by atoms with Gasteiger partial charge in [-0.3, -0.25) is 9.79 Å². The van der Waals surface area contributed by atoms with Gasteiger partial charge in [-0.05, 0) is 30.3 Å². The number of hydrogen-bond donors (Lipinski definition) is 3. The van der Waals surface area contributed by atoms with Crippen LogP contribution in [0.4, 0.5) is 5.69 Å². The summed E-state index contributed by atoms with van der Waals surface area (Å²) in [7, 11) is 1.70. The van der Waals surface area contributed by atoms with Crippen LogP contribution in [-0.2, 0) is 0 Å². The third kappa shape index (κ3) is 3.25. The van der Waals surface area contributed by atoms with Crippen LogP contribution in [0.5, 0.6) is 5.88 Å². The first-order chi connectivity index (χ1) is 13.7. The van der Waals surface area contributed by atoms with E-state index in [0.717, 1.165) is 16.5 Å². The van der Waals surface area contributed by atoms with Gasteiger partial charge in [0.2, 0.25) is 0 Å². The van der Waals surface area contributed by atoms with Crippen molar-refractivity contribution in [1.29, 1.82) is 0 Å². The minimum Gasteiger partial charge on any atom is -0.494 e. The zero-order valence-corrected chi connectivity index (χ0v) is 15.3. The molecule has 0 aliphatic carbocycles. The summed E-state index contributed by atoms with van der Waals surface area (Å²) >= 11 is 0. The maximum Gasteiger partial charge on any atom is 0.255 e. The number of aromatic amines is 1. The summed E-state index contributed by atoms with van der Waals surface area (Å²) in [5.74, 6) is -0.139. The number of nitrogens with zero attached hydrogens (tertiary/aromatic N) is 1. The number of benzene rings is 3. The molecule has 1 heterocycles. The molecule has 1 amide bonds. The normalized spacial score (nSPS) is 11.5. The quantitative estimate of drug-likeness (QED) is 0.460. The fraction of sp³-hybridized carbons (Fsp3) is 0.0435. The van der Waals surface area contributed by atoms with Crippen molar-refractivity contribution in [2.24, 2.45) is 4.99 Å². The number of aromatic nitrogens is 1. The zero-order valence-electron chi connectivity index (χ0n) is 15.3. The number of H-pyrrole nitrogens is 1. The molecule has 28 heavy (non-hydrogen) atoms. The highest BCUT2D eigenvalue weighted by Crippen LogP contribution is 2.32. The molecule has 4 aromatic rings. The SMILES string of the molecule is CN=C(c1ccccc1)c1c(O)[nH]c2ccc(NC(=O)c3ccccc3)cc12. The van der Waals surface area contributed by atoms with Crippen molar-refractivity contribution in [3.63, 3.8) is 0 Å². The van der Waals surface area contributed by atoms with Crippen molar-refractivity contribution in [3.8, 4) is 5.88 Å². The summed E-state index contributed by atoms with van der Waals surface area (Å²) in [6.07, 6.45) is 0. The first kappa shape index (κ1) is 17.5.